The number of aromatic nitrogens is 2. The fourth-order valence-corrected chi connectivity index (χ4v) is 3.94. The Morgan fingerprint density at radius 3 is 2.54 bits per heavy atom. The molecule has 0 atom stereocenters. The van der Waals surface area contributed by atoms with Gasteiger partial charge in [-0.2, -0.15) is 0 Å². The van der Waals surface area contributed by atoms with Crippen LogP contribution in [0.25, 0.3) is 0 Å². The lowest BCUT2D eigenvalue weighted by Gasteiger charge is -2.27. The molecule has 0 aliphatic carbocycles. The van der Waals surface area contributed by atoms with Crippen LogP contribution >= 0.6 is 0 Å². The summed E-state index contributed by atoms with van der Waals surface area (Å²) in [5.41, 5.74) is 1.21. The fourth-order valence-electron chi connectivity index (χ4n) is 2.88. The van der Waals surface area contributed by atoms with Gasteiger partial charge in [-0.1, -0.05) is 0 Å². The van der Waals surface area contributed by atoms with E-state index in [1.165, 1.54) is 6.42 Å². The highest BCUT2D eigenvalue weighted by Crippen LogP contribution is 2.18. The molecule has 9 heteroatoms. The van der Waals surface area contributed by atoms with Gasteiger partial charge in [-0.3, -0.25) is 0 Å². The van der Waals surface area contributed by atoms with Crippen molar-refractivity contribution in [1.82, 2.24) is 14.7 Å². The van der Waals surface area contributed by atoms with E-state index in [4.69, 9.17) is 0 Å². The van der Waals surface area contributed by atoms with Crippen LogP contribution in [0.2, 0.25) is 0 Å². The van der Waals surface area contributed by atoms with Crippen molar-refractivity contribution >= 4 is 16.0 Å². The van der Waals surface area contributed by atoms with E-state index in [0.717, 1.165) is 43.8 Å². The maximum Gasteiger partial charge on any atom is 0.243 e. The normalized spacial score (nSPS) is 15.3. The second kappa shape index (κ2) is 7.63. The Labute approximate surface area is 151 Å². The number of aryl methyl sites for hydroxylation is 1. The summed E-state index contributed by atoms with van der Waals surface area (Å²) in [5.74, 6) is -1.39. The predicted molar refractivity (Wildman–Crippen MR) is 93.2 cm³/mol. The minimum Gasteiger partial charge on any atom is -0.341 e. The number of hydrogen-bond donors (Lipinski definition) is 1. The lowest BCUT2D eigenvalue weighted by molar-refractivity contribution is 0.542. The Morgan fingerprint density at radius 1 is 1.12 bits per heavy atom. The van der Waals surface area contributed by atoms with E-state index in [0.29, 0.717) is 17.7 Å². The molecule has 0 spiro atoms. The molecule has 3 rings (SSSR count). The number of nitrogens with one attached hydrogen (secondary N) is 1. The van der Waals surface area contributed by atoms with Crippen molar-refractivity contribution in [2.45, 2.75) is 37.6 Å². The van der Waals surface area contributed by atoms with Crippen LogP contribution in [0, 0.1) is 18.6 Å². The van der Waals surface area contributed by atoms with Crippen LogP contribution in [0.5, 0.6) is 0 Å². The van der Waals surface area contributed by atoms with E-state index < -0.39 is 26.6 Å². The van der Waals surface area contributed by atoms with Crippen molar-refractivity contribution in [1.29, 1.82) is 0 Å². The molecule has 0 saturated carbocycles. The largest absolute Gasteiger partial charge is 0.341 e. The lowest BCUT2D eigenvalue weighted by Crippen LogP contribution is -2.32. The summed E-state index contributed by atoms with van der Waals surface area (Å²) in [6.45, 7) is 3.45. The van der Waals surface area contributed by atoms with Crippen molar-refractivity contribution in [3.8, 4) is 0 Å². The van der Waals surface area contributed by atoms with Gasteiger partial charge in [-0.15, -0.1) is 0 Å². The van der Waals surface area contributed by atoms with Crippen LogP contribution in [-0.2, 0) is 16.6 Å². The molecular formula is C17H20F2N4O2S. The van der Waals surface area contributed by atoms with Gasteiger partial charge in [-0.05, 0) is 44.4 Å². The van der Waals surface area contributed by atoms with E-state index in [-0.39, 0.29) is 6.54 Å². The van der Waals surface area contributed by atoms with E-state index in [9.17, 15) is 17.2 Å². The van der Waals surface area contributed by atoms with Gasteiger partial charge in [0.15, 0.2) is 0 Å². The maximum atomic E-state index is 13.8. The zero-order valence-corrected chi connectivity index (χ0v) is 15.2. The molecule has 26 heavy (non-hydrogen) atoms. The SMILES string of the molecule is Cc1cc(CNS(=O)(=O)c2ccc(F)cc2F)nc(N2CCCCC2)n1. The molecule has 1 aliphatic rings. The molecular weight excluding hydrogens is 362 g/mol. The second-order valence-electron chi connectivity index (χ2n) is 6.25. The highest BCUT2D eigenvalue weighted by molar-refractivity contribution is 7.89. The maximum absolute atomic E-state index is 13.8. The third kappa shape index (κ3) is 4.34. The van der Waals surface area contributed by atoms with Gasteiger partial charge in [0, 0.05) is 24.8 Å². The first-order valence-electron chi connectivity index (χ1n) is 8.39. The molecule has 1 aromatic carbocycles. The Kier molecular flexibility index (Phi) is 5.47. The van der Waals surface area contributed by atoms with Crippen molar-refractivity contribution < 1.29 is 17.2 Å². The second-order valence-corrected chi connectivity index (χ2v) is 7.98. The molecule has 6 nitrogen and oxygen atoms in total. The number of piperidine rings is 1. The number of sulfonamides is 1. The van der Waals surface area contributed by atoms with Crippen LogP contribution in [0.1, 0.15) is 30.7 Å². The van der Waals surface area contributed by atoms with Crippen molar-refractivity contribution in [3.63, 3.8) is 0 Å². The average Bonchev–Trinajstić information content (AvgIpc) is 2.60. The van der Waals surface area contributed by atoms with E-state index in [1.807, 2.05) is 6.92 Å². The molecule has 1 saturated heterocycles. The van der Waals surface area contributed by atoms with Gasteiger partial charge in [-0.25, -0.2) is 31.9 Å². The highest BCUT2D eigenvalue weighted by Gasteiger charge is 2.20. The van der Waals surface area contributed by atoms with Gasteiger partial charge >= 0.3 is 0 Å². The molecule has 140 valence electrons. The first-order chi connectivity index (χ1) is 12.3. The summed E-state index contributed by atoms with van der Waals surface area (Å²) < 4.78 is 53.6. The predicted octanol–water partition coefficient (Wildman–Crippen LogP) is 2.53. The molecule has 1 fully saturated rings. The zero-order valence-electron chi connectivity index (χ0n) is 14.4. The van der Waals surface area contributed by atoms with Gasteiger partial charge in [0.1, 0.15) is 16.5 Å². The molecule has 1 aromatic heterocycles. The van der Waals surface area contributed by atoms with Gasteiger partial charge in [0.2, 0.25) is 16.0 Å². The Hall–Kier alpha value is -2.13. The highest BCUT2D eigenvalue weighted by atomic mass is 32.2. The zero-order chi connectivity index (χ0) is 18.7. The third-order valence-corrected chi connectivity index (χ3v) is 5.60. The van der Waals surface area contributed by atoms with Gasteiger partial charge < -0.3 is 4.90 Å². The molecule has 2 aromatic rings. The quantitative estimate of drug-likeness (QED) is 0.860. The Balaban J connectivity index is 1.77. The summed E-state index contributed by atoms with van der Waals surface area (Å²) in [5, 5.41) is 0. The number of rotatable bonds is 5. The summed E-state index contributed by atoms with van der Waals surface area (Å²) >= 11 is 0. The molecule has 0 amide bonds. The van der Waals surface area contributed by atoms with Crippen LogP contribution in [0.4, 0.5) is 14.7 Å². The smallest absolute Gasteiger partial charge is 0.243 e. The standard InChI is InChI=1S/C17H20F2N4O2S/c1-12-9-14(22-17(21-12)23-7-3-2-4-8-23)11-20-26(24,25)16-6-5-13(18)10-15(16)19/h5-6,9-10,20H,2-4,7-8,11H2,1H3. The van der Waals surface area contributed by atoms with Crippen LogP contribution in [0.3, 0.4) is 0 Å². The number of hydrogen-bond acceptors (Lipinski definition) is 5. The van der Waals surface area contributed by atoms with E-state index in [2.05, 4.69) is 19.6 Å². The van der Waals surface area contributed by atoms with Crippen molar-refractivity contribution in [3.05, 3.63) is 47.3 Å². The number of halogens is 2. The van der Waals surface area contributed by atoms with Crippen LogP contribution in [0.15, 0.2) is 29.2 Å². The number of nitrogens with zero attached hydrogens (tertiary/aromatic N) is 3. The van der Waals surface area contributed by atoms with Gasteiger partial charge in [0.25, 0.3) is 0 Å². The van der Waals surface area contributed by atoms with Crippen LogP contribution in [-0.4, -0.2) is 31.5 Å². The molecule has 1 aliphatic heterocycles. The van der Waals surface area contributed by atoms with E-state index in [1.54, 1.807) is 6.07 Å². The minimum atomic E-state index is -4.12. The minimum absolute atomic E-state index is 0.108. The topological polar surface area (TPSA) is 75.2 Å². The Morgan fingerprint density at radius 2 is 1.85 bits per heavy atom. The summed E-state index contributed by atoms with van der Waals surface area (Å²) in [6.07, 6.45) is 3.32. The first kappa shape index (κ1) is 18.7. The summed E-state index contributed by atoms with van der Waals surface area (Å²) in [7, 11) is -4.12. The molecule has 0 bridgehead atoms. The molecule has 0 unspecified atom stereocenters. The molecule has 2 heterocycles. The molecule has 1 N–H and O–H groups in total. The van der Waals surface area contributed by atoms with Crippen molar-refractivity contribution in [2.75, 3.05) is 18.0 Å². The van der Waals surface area contributed by atoms with Crippen molar-refractivity contribution in [2.24, 2.45) is 0 Å². The van der Waals surface area contributed by atoms with Crippen LogP contribution < -0.4 is 9.62 Å². The number of anilines is 1. The summed E-state index contributed by atoms with van der Waals surface area (Å²) in [6, 6.07) is 4.02. The number of benzene rings is 1. The average molecular weight is 382 g/mol. The third-order valence-electron chi connectivity index (χ3n) is 4.16. The summed E-state index contributed by atoms with van der Waals surface area (Å²) in [4.78, 5) is 10.3. The monoisotopic (exact) mass is 382 g/mol. The fraction of sp³-hybridized carbons (Fsp3) is 0.412. The first-order valence-corrected chi connectivity index (χ1v) is 9.88. The lowest BCUT2D eigenvalue weighted by atomic mass is 10.1. The Bertz CT molecular complexity index is 900. The molecule has 0 radical (unpaired) electrons. The van der Waals surface area contributed by atoms with E-state index >= 15 is 0 Å². The van der Waals surface area contributed by atoms with Gasteiger partial charge in [0.05, 0.1) is 12.2 Å².